The second-order valence-corrected chi connectivity index (χ2v) is 10.2. The number of pyridine rings is 1. The molecule has 0 fully saturated rings. The Morgan fingerprint density at radius 1 is 1.03 bits per heavy atom. The van der Waals surface area contributed by atoms with Gasteiger partial charge in [0, 0.05) is 35.5 Å². The first-order valence-electron chi connectivity index (χ1n) is 10.9. The Morgan fingerprint density at radius 2 is 1.79 bits per heavy atom. The van der Waals surface area contributed by atoms with E-state index in [2.05, 4.69) is 9.88 Å². The highest BCUT2D eigenvalue weighted by Gasteiger charge is 2.33. The van der Waals surface area contributed by atoms with Gasteiger partial charge in [-0.25, -0.2) is 0 Å². The fourth-order valence-electron chi connectivity index (χ4n) is 4.23. The monoisotopic (exact) mass is 476 g/mol. The largest absolute Gasteiger partial charge is 0.378 e. The molecule has 0 bridgehead atoms. The summed E-state index contributed by atoms with van der Waals surface area (Å²) in [6.45, 7) is 3.41. The molecule has 0 saturated heterocycles. The lowest BCUT2D eigenvalue weighted by atomic mass is 9.88. The SMILES string of the molecule is Cc1ccc(S(=O)(=O)Oc2ccc3c4c(nn3CCCN(C)C)-c3cnccc3C(=O)c24)cc1. The van der Waals surface area contributed by atoms with Crippen molar-refractivity contribution in [3.05, 3.63) is 71.5 Å². The Balaban J connectivity index is 1.66. The van der Waals surface area contributed by atoms with Gasteiger partial charge in [0.25, 0.3) is 0 Å². The van der Waals surface area contributed by atoms with Gasteiger partial charge in [-0.15, -0.1) is 0 Å². The smallest absolute Gasteiger partial charge is 0.339 e. The number of benzene rings is 2. The third-order valence-electron chi connectivity index (χ3n) is 5.91. The van der Waals surface area contributed by atoms with Crippen LogP contribution in [-0.4, -0.2) is 54.5 Å². The summed E-state index contributed by atoms with van der Waals surface area (Å²) >= 11 is 0. The zero-order chi connectivity index (χ0) is 24.0. The first kappa shape index (κ1) is 22.2. The normalized spacial score (nSPS) is 12.9. The first-order valence-corrected chi connectivity index (χ1v) is 12.4. The van der Waals surface area contributed by atoms with Crippen LogP contribution in [0.2, 0.25) is 0 Å². The molecule has 0 radical (unpaired) electrons. The van der Waals surface area contributed by atoms with Gasteiger partial charge in [-0.1, -0.05) is 17.7 Å². The summed E-state index contributed by atoms with van der Waals surface area (Å²) < 4.78 is 33.4. The average molecular weight is 477 g/mol. The maximum Gasteiger partial charge on any atom is 0.339 e. The molecule has 34 heavy (non-hydrogen) atoms. The summed E-state index contributed by atoms with van der Waals surface area (Å²) in [5, 5.41) is 5.39. The number of fused-ring (bicyclic) bond motifs is 2. The van der Waals surface area contributed by atoms with Crippen molar-refractivity contribution in [1.29, 1.82) is 0 Å². The van der Waals surface area contributed by atoms with Crippen LogP contribution in [0.1, 0.15) is 27.9 Å². The topological polar surface area (TPSA) is 94.4 Å². The molecule has 0 saturated carbocycles. The van der Waals surface area contributed by atoms with Crippen LogP contribution in [0.5, 0.6) is 5.75 Å². The summed E-state index contributed by atoms with van der Waals surface area (Å²) in [5.41, 5.74) is 3.56. The number of nitrogens with zero attached hydrogens (tertiary/aromatic N) is 4. The zero-order valence-electron chi connectivity index (χ0n) is 19.1. The van der Waals surface area contributed by atoms with Crippen LogP contribution < -0.4 is 4.18 Å². The molecule has 9 heteroatoms. The van der Waals surface area contributed by atoms with Crippen LogP contribution >= 0.6 is 0 Å². The second kappa shape index (κ2) is 8.34. The third-order valence-corrected chi connectivity index (χ3v) is 7.16. The van der Waals surface area contributed by atoms with E-state index in [1.807, 2.05) is 25.7 Å². The maximum atomic E-state index is 13.5. The molecule has 2 aromatic carbocycles. The number of aromatic nitrogens is 3. The third kappa shape index (κ3) is 3.76. The first-order chi connectivity index (χ1) is 16.3. The summed E-state index contributed by atoms with van der Waals surface area (Å²) in [4.78, 5) is 19.9. The van der Waals surface area contributed by atoms with Gasteiger partial charge < -0.3 is 9.08 Å². The lowest BCUT2D eigenvalue weighted by molar-refractivity contribution is 0.103. The Morgan fingerprint density at radius 3 is 2.53 bits per heavy atom. The van der Waals surface area contributed by atoms with E-state index in [0.29, 0.717) is 28.8 Å². The van der Waals surface area contributed by atoms with Crippen molar-refractivity contribution in [1.82, 2.24) is 19.7 Å². The van der Waals surface area contributed by atoms with E-state index in [9.17, 15) is 13.2 Å². The van der Waals surface area contributed by atoms with Crippen molar-refractivity contribution in [3.63, 3.8) is 0 Å². The molecule has 0 aliphatic heterocycles. The van der Waals surface area contributed by atoms with Crippen LogP contribution in [0.3, 0.4) is 0 Å². The number of hydrogen-bond acceptors (Lipinski definition) is 7. The molecule has 0 spiro atoms. The molecular formula is C25H24N4O4S. The lowest BCUT2D eigenvalue weighted by Crippen LogP contribution is -2.15. The Kier molecular flexibility index (Phi) is 5.45. The molecule has 2 aromatic heterocycles. The van der Waals surface area contributed by atoms with E-state index >= 15 is 0 Å². The van der Waals surface area contributed by atoms with Gasteiger partial charge in [0.05, 0.1) is 11.1 Å². The van der Waals surface area contributed by atoms with Crippen LogP contribution in [0.15, 0.2) is 59.8 Å². The molecular weight excluding hydrogens is 452 g/mol. The van der Waals surface area contributed by atoms with E-state index in [1.54, 1.807) is 42.7 Å². The van der Waals surface area contributed by atoms with Gasteiger partial charge in [-0.2, -0.15) is 13.5 Å². The molecule has 2 heterocycles. The van der Waals surface area contributed by atoms with E-state index in [0.717, 1.165) is 24.0 Å². The van der Waals surface area contributed by atoms with Crippen molar-refractivity contribution in [2.75, 3.05) is 20.6 Å². The summed E-state index contributed by atoms with van der Waals surface area (Å²) in [6.07, 6.45) is 4.03. The number of ketones is 1. The number of carbonyl (C=O) groups excluding carboxylic acids is 1. The lowest BCUT2D eigenvalue weighted by Gasteiger charge is -2.17. The zero-order valence-corrected chi connectivity index (χ0v) is 20.0. The molecule has 174 valence electrons. The molecule has 1 aliphatic carbocycles. The quantitative estimate of drug-likeness (QED) is 0.331. The van der Waals surface area contributed by atoms with Crippen molar-refractivity contribution < 1.29 is 17.4 Å². The highest BCUT2D eigenvalue weighted by Crippen LogP contribution is 2.43. The maximum absolute atomic E-state index is 13.5. The highest BCUT2D eigenvalue weighted by molar-refractivity contribution is 7.87. The number of carbonyl (C=O) groups is 1. The number of aryl methyl sites for hydroxylation is 2. The fraction of sp³-hybridized carbons (Fsp3) is 0.240. The van der Waals surface area contributed by atoms with Crippen molar-refractivity contribution in [2.24, 2.45) is 0 Å². The van der Waals surface area contributed by atoms with Crippen molar-refractivity contribution in [2.45, 2.75) is 24.8 Å². The van der Waals surface area contributed by atoms with Crippen LogP contribution in [-0.2, 0) is 16.7 Å². The molecule has 0 N–H and O–H groups in total. The van der Waals surface area contributed by atoms with Gasteiger partial charge in [0.1, 0.15) is 10.6 Å². The molecule has 5 rings (SSSR count). The molecule has 0 amide bonds. The summed E-state index contributed by atoms with van der Waals surface area (Å²) in [5.74, 6) is -0.313. The molecule has 8 nitrogen and oxygen atoms in total. The number of hydrogen-bond donors (Lipinski definition) is 0. The van der Waals surface area contributed by atoms with Crippen molar-refractivity contribution >= 4 is 26.8 Å². The molecule has 0 unspecified atom stereocenters. The van der Waals surface area contributed by atoms with Gasteiger partial charge >= 0.3 is 10.1 Å². The van der Waals surface area contributed by atoms with Gasteiger partial charge in [-0.05, 0) is 64.3 Å². The van der Waals surface area contributed by atoms with Crippen LogP contribution in [0.4, 0.5) is 0 Å². The van der Waals surface area contributed by atoms with Gasteiger partial charge in [0.2, 0.25) is 0 Å². The van der Waals surface area contributed by atoms with Crippen LogP contribution in [0.25, 0.3) is 22.2 Å². The molecule has 0 atom stereocenters. The second-order valence-electron chi connectivity index (χ2n) is 8.66. The summed E-state index contributed by atoms with van der Waals surface area (Å²) in [7, 11) is -0.112. The average Bonchev–Trinajstić information content (AvgIpc) is 3.17. The minimum absolute atomic E-state index is 0.00497. The van der Waals surface area contributed by atoms with E-state index in [1.165, 1.54) is 12.1 Å². The van der Waals surface area contributed by atoms with E-state index < -0.39 is 10.1 Å². The minimum atomic E-state index is -4.14. The van der Waals surface area contributed by atoms with Crippen molar-refractivity contribution in [3.8, 4) is 17.0 Å². The minimum Gasteiger partial charge on any atom is -0.378 e. The van der Waals surface area contributed by atoms with Gasteiger partial charge in [0.15, 0.2) is 11.5 Å². The van der Waals surface area contributed by atoms with Crippen LogP contribution in [0, 0.1) is 6.92 Å². The Labute approximate surface area is 197 Å². The Bertz CT molecular complexity index is 1520. The summed E-state index contributed by atoms with van der Waals surface area (Å²) in [6, 6.07) is 11.3. The van der Waals surface area contributed by atoms with E-state index in [4.69, 9.17) is 9.28 Å². The van der Waals surface area contributed by atoms with E-state index in [-0.39, 0.29) is 22.0 Å². The predicted molar refractivity (Wildman–Crippen MR) is 129 cm³/mol. The number of rotatable bonds is 7. The van der Waals surface area contributed by atoms with Gasteiger partial charge in [-0.3, -0.25) is 14.5 Å². The molecule has 4 aromatic rings. The highest BCUT2D eigenvalue weighted by atomic mass is 32.2. The Hall–Kier alpha value is -3.56. The predicted octanol–water partition coefficient (Wildman–Crippen LogP) is 3.67. The molecule has 1 aliphatic rings. The standard InChI is InChI=1S/C25H24N4O4S/c1-16-5-7-17(8-6-16)34(31,32)33-21-10-9-20-22-23(21)25(30)18-11-12-26-15-19(18)24(22)27-29(20)14-4-13-28(2)3/h5-12,15H,4,13-14H2,1-3H3. The fourth-order valence-corrected chi connectivity index (χ4v) is 5.17.